The lowest BCUT2D eigenvalue weighted by atomic mass is 10.2. The van der Waals surface area contributed by atoms with Crippen molar-refractivity contribution < 1.29 is 0 Å². The molecule has 0 aliphatic rings. The summed E-state index contributed by atoms with van der Waals surface area (Å²) in [6.07, 6.45) is 1.15. The van der Waals surface area contributed by atoms with Gasteiger partial charge in [-0.15, -0.1) is 10.2 Å². The molecule has 80 valence electrons. The number of hydrogen-bond acceptors (Lipinski definition) is 4. The Kier molecular flexibility index (Phi) is 4.78. The van der Waals surface area contributed by atoms with Gasteiger partial charge in [-0.05, 0) is 31.5 Å². The summed E-state index contributed by atoms with van der Waals surface area (Å²) in [6.45, 7) is 8.48. The SMILES string of the molecule is CCC(C)N(CC)Cc1nnc(Cl)s1. The minimum atomic E-state index is 0.528. The molecule has 3 nitrogen and oxygen atoms in total. The molecule has 1 heterocycles. The van der Waals surface area contributed by atoms with E-state index in [1.165, 1.54) is 11.3 Å². The number of rotatable bonds is 5. The first kappa shape index (κ1) is 11.9. The average Bonchev–Trinajstić information content (AvgIpc) is 2.59. The Labute approximate surface area is 94.1 Å². The second kappa shape index (κ2) is 5.63. The van der Waals surface area contributed by atoms with Crippen molar-refractivity contribution in [3.8, 4) is 0 Å². The van der Waals surface area contributed by atoms with E-state index in [4.69, 9.17) is 11.6 Å². The van der Waals surface area contributed by atoms with Gasteiger partial charge in [-0.25, -0.2) is 0 Å². The molecule has 0 spiro atoms. The second-order valence-corrected chi connectivity index (χ2v) is 4.91. The van der Waals surface area contributed by atoms with Crippen LogP contribution >= 0.6 is 22.9 Å². The predicted molar refractivity (Wildman–Crippen MR) is 60.8 cm³/mol. The van der Waals surface area contributed by atoms with E-state index in [2.05, 4.69) is 35.9 Å². The monoisotopic (exact) mass is 233 g/mol. The van der Waals surface area contributed by atoms with E-state index in [0.29, 0.717) is 10.5 Å². The van der Waals surface area contributed by atoms with E-state index in [0.717, 1.165) is 24.5 Å². The van der Waals surface area contributed by atoms with E-state index in [1.54, 1.807) is 0 Å². The normalized spacial score (nSPS) is 13.5. The van der Waals surface area contributed by atoms with E-state index in [9.17, 15) is 0 Å². The van der Waals surface area contributed by atoms with Crippen LogP contribution in [0.3, 0.4) is 0 Å². The Morgan fingerprint density at radius 1 is 1.43 bits per heavy atom. The molecule has 1 aromatic heterocycles. The highest BCUT2D eigenvalue weighted by Crippen LogP contribution is 2.17. The molecule has 0 radical (unpaired) electrons. The Morgan fingerprint density at radius 3 is 2.57 bits per heavy atom. The maximum absolute atomic E-state index is 5.73. The lowest BCUT2D eigenvalue weighted by Crippen LogP contribution is -2.31. The van der Waals surface area contributed by atoms with Crippen molar-refractivity contribution >= 4 is 22.9 Å². The average molecular weight is 234 g/mol. The third-order valence-electron chi connectivity index (χ3n) is 2.40. The first-order valence-corrected chi connectivity index (χ1v) is 6.08. The fraction of sp³-hybridized carbons (Fsp3) is 0.778. The van der Waals surface area contributed by atoms with Gasteiger partial charge in [-0.3, -0.25) is 4.90 Å². The van der Waals surface area contributed by atoms with Crippen LogP contribution in [-0.4, -0.2) is 27.7 Å². The molecule has 14 heavy (non-hydrogen) atoms. The van der Waals surface area contributed by atoms with Gasteiger partial charge in [0, 0.05) is 6.04 Å². The molecule has 1 rings (SSSR count). The summed E-state index contributed by atoms with van der Waals surface area (Å²) >= 11 is 7.19. The molecule has 0 saturated heterocycles. The molecule has 0 N–H and O–H groups in total. The molecule has 1 atom stereocenters. The van der Waals surface area contributed by atoms with Crippen molar-refractivity contribution in [2.75, 3.05) is 6.54 Å². The summed E-state index contributed by atoms with van der Waals surface area (Å²) in [5.41, 5.74) is 0. The van der Waals surface area contributed by atoms with Crippen LogP contribution in [0.4, 0.5) is 0 Å². The van der Waals surface area contributed by atoms with Crippen molar-refractivity contribution in [2.24, 2.45) is 0 Å². The first-order chi connectivity index (χ1) is 6.67. The number of hydrogen-bond donors (Lipinski definition) is 0. The number of aromatic nitrogens is 2. The lowest BCUT2D eigenvalue weighted by molar-refractivity contribution is 0.205. The van der Waals surface area contributed by atoms with Crippen molar-refractivity contribution in [1.82, 2.24) is 15.1 Å². The standard InChI is InChI=1S/C9H16ClN3S/c1-4-7(3)13(5-2)6-8-11-12-9(10)14-8/h7H,4-6H2,1-3H3. The van der Waals surface area contributed by atoms with Crippen LogP contribution in [0, 0.1) is 0 Å². The van der Waals surface area contributed by atoms with Gasteiger partial charge in [0.1, 0.15) is 5.01 Å². The molecule has 0 saturated carbocycles. The zero-order chi connectivity index (χ0) is 10.6. The predicted octanol–water partition coefficient (Wildman–Crippen LogP) is 2.81. The van der Waals surface area contributed by atoms with Crippen LogP contribution in [0.25, 0.3) is 0 Å². The zero-order valence-corrected chi connectivity index (χ0v) is 10.4. The van der Waals surface area contributed by atoms with Crippen LogP contribution in [-0.2, 0) is 6.54 Å². The highest BCUT2D eigenvalue weighted by molar-refractivity contribution is 7.15. The summed E-state index contributed by atoms with van der Waals surface area (Å²) in [4.78, 5) is 2.37. The molecular weight excluding hydrogens is 218 g/mol. The molecular formula is C9H16ClN3S. The van der Waals surface area contributed by atoms with Crippen LogP contribution in [0.2, 0.25) is 4.47 Å². The fourth-order valence-electron chi connectivity index (χ4n) is 1.31. The summed E-state index contributed by atoms with van der Waals surface area (Å²) in [7, 11) is 0. The van der Waals surface area contributed by atoms with E-state index in [-0.39, 0.29) is 0 Å². The Hall–Kier alpha value is -0.190. The number of nitrogens with zero attached hydrogens (tertiary/aromatic N) is 3. The third-order valence-corrected chi connectivity index (χ3v) is 3.40. The summed E-state index contributed by atoms with van der Waals surface area (Å²) in [5.74, 6) is 0. The smallest absolute Gasteiger partial charge is 0.207 e. The van der Waals surface area contributed by atoms with Gasteiger partial charge >= 0.3 is 0 Å². The Bertz CT molecular complexity index is 277. The van der Waals surface area contributed by atoms with Gasteiger partial charge in [0.25, 0.3) is 0 Å². The van der Waals surface area contributed by atoms with Gasteiger partial charge in [-0.1, -0.05) is 25.2 Å². The molecule has 0 aromatic carbocycles. The van der Waals surface area contributed by atoms with Crippen LogP contribution in [0.1, 0.15) is 32.2 Å². The van der Waals surface area contributed by atoms with Crippen molar-refractivity contribution in [2.45, 2.75) is 39.8 Å². The van der Waals surface area contributed by atoms with Crippen LogP contribution < -0.4 is 0 Å². The van der Waals surface area contributed by atoms with Crippen LogP contribution in [0.15, 0.2) is 0 Å². The maximum Gasteiger partial charge on any atom is 0.207 e. The Balaban J connectivity index is 2.56. The van der Waals surface area contributed by atoms with E-state index in [1.807, 2.05) is 0 Å². The fourth-order valence-corrected chi connectivity index (χ4v) is 2.20. The molecule has 0 aliphatic carbocycles. The van der Waals surface area contributed by atoms with Gasteiger partial charge in [0.05, 0.1) is 6.54 Å². The molecule has 1 aromatic rings. The summed E-state index contributed by atoms with van der Waals surface area (Å²) < 4.78 is 0.528. The minimum Gasteiger partial charge on any atom is -0.294 e. The highest BCUT2D eigenvalue weighted by Gasteiger charge is 2.12. The summed E-state index contributed by atoms with van der Waals surface area (Å²) in [6, 6.07) is 0.586. The summed E-state index contributed by atoms with van der Waals surface area (Å²) in [5, 5.41) is 8.81. The zero-order valence-electron chi connectivity index (χ0n) is 8.83. The van der Waals surface area contributed by atoms with Crippen molar-refractivity contribution in [3.63, 3.8) is 0 Å². The lowest BCUT2D eigenvalue weighted by Gasteiger charge is -2.25. The molecule has 0 aliphatic heterocycles. The topological polar surface area (TPSA) is 29.0 Å². The van der Waals surface area contributed by atoms with Gasteiger partial charge < -0.3 is 0 Å². The van der Waals surface area contributed by atoms with Gasteiger partial charge in [-0.2, -0.15) is 0 Å². The molecule has 1 unspecified atom stereocenters. The quantitative estimate of drug-likeness (QED) is 0.783. The molecule has 0 bridgehead atoms. The minimum absolute atomic E-state index is 0.528. The molecule has 5 heteroatoms. The van der Waals surface area contributed by atoms with Gasteiger partial charge in [0.15, 0.2) is 0 Å². The second-order valence-electron chi connectivity index (χ2n) is 3.27. The highest BCUT2D eigenvalue weighted by atomic mass is 35.5. The third kappa shape index (κ3) is 3.19. The number of halogens is 1. The molecule has 0 amide bonds. The Morgan fingerprint density at radius 2 is 2.14 bits per heavy atom. The first-order valence-electron chi connectivity index (χ1n) is 4.89. The van der Waals surface area contributed by atoms with E-state index >= 15 is 0 Å². The molecule has 0 fully saturated rings. The van der Waals surface area contributed by atoms with Crippen molar-refractivity contribution in [1.29, 1.82) is 0 Å². The van der Waals surface area contributed by atoms with Gasteiger partial charge in [0.2, 0.25) is 4.47 Å². The maximum atomic E-state index is 5.73. The van der Waals surface area contributed by atoms with Crippen LogP contribution in [0.5, 0.6) is 0 Å². The largest absolute Gasteiger partial charge is 0.294 e. The van der Waals surface area contributed by atoms with E-state index < -0.39 is 0 Å². The van der Waals surface area contributed by atoms with Crippen molar-refractivity contribution in [3.05, 3.63) is 9.47 Å².